The smallest absolute Gasteiger partial charge is 0.336 e. The maximum atomic E-state index is 13.8. The number of fused-ring (bicyclic) bond motifs is 1. The molecule has 0 unspecified atom stereocenters. The van der Waals surface area contributed by atoms with Crippen LogP contribution >= 0.6 is 0 Å². The van der Waals surface area contributed by atoms with Gasteiger partial charge in [-0.25, -0.2) is 9.78 Å². The second kappa shape index (κ2) is 11.4. The van der Waals surface area contributed by atoms with E-state index in [1.807, 2.05) is 48.5 Å². The van der Waals surface area contributed by atoms with Gasteiger partial charge in [0.15, 0.2) is 0 Å². The molecule has 5 rings (SSSR count). The molecule has 2 aromatic heterocycles. The number of aromatic nitrogens is 2. The molecule has 6 heteroatoms. The van der Waals surface area contributed by atoms with E-state index in [0.717, 1.165) is 85.1 Å². The zero-order valence-corrected chi connectivity index (χ0v) is 22.8. The molecule has 0 radical (unpaired) electrons. The van der Waals surface area contributed by atoms with Crippen molar-refractivity contribution in [3.63, 3.8) is 0 Å². The van der Waals surface area contributed by atoms with Crippen molar-refractivity contribution in [3.8, 4) is 11.1 Å². The van der Waals surface area contributed by atoms with Crippen LogP contribution < -0.4 is 0 Å². The van der Waals surface area contributed by atoms with Crippen LogP contribution in [0.5, 0.6) is 0 Å². The number of carboxylic acid groups (broad SMARTS) is 1. The number of rotatable bonds is 9. The van der Waals surface area contributed by atoms with Crippen LogP contribution in [0.1, 0.15) is 84.7 Å². The lowest BCUT2D eigenvalue weighted by Gasteiger charge is -2.35. The average molecular weight is 525 g/mol. The van der Waals surface area contributed by atoms with Gasteiger partial charge in [0.2, 0.25) is 0 Å². The number of ether oxygens (including phenoxy) is 1. The second-order valence-electron chi connectivity index (χ2n) is 10.7. The van der Waals surface area contributed by atoms with Crippen molar-refractivity contribution in [2.75, 3.05) is 0 Å². The van der Waals surface area contributed by atoms with E-state index >= 15 is 0 Å². The summed E-state index contributed by atoms with van der Waals surface area (Å²) in [5.41, 5.74) is 5.96. The number of imidazole rings is 1. The third kappa shape index (κ3) is 5.33. The van der Waals surface area contributed by atoms with Crippen molar-refractivity contribution in [1.82, 2.24) is 9.38 Å². The quantitative estimate of drug-likeness (QED) is 0.232. The maximum Gasteiger partial charge on any atom is 0.336 e. The number of hydrogen-bond donors (Lipinski definition) is 1. The van der Waals surface area contributed by atoms with Crippen LogP contribution in [0.15, 0.2) is 66.9 Å². The Morgan fingerprint density at radius 1 is 1.00 bits per heavy atom. The standard InChI is InChI=1S/C33H36N2O4/c1-3-4-10-26-21-35-27(18-13-23(2)30(35)34-26)22-39-32(38)33(19-8-5-9-20-33)25-16-14-24(15-17-25)28-11-6-7-12-29(28)31(36)37/h6-7,11-18,21H,3-5,8-10,19-20,22H2,1-2H3,(H,36,37). The van der Waals surface area contributed by atoms with Gasteiger partial charge < -0.3 is 14.2 Å². The predicted octanol–water partition coefficient (Wildman–Crippen LogP) is 7.30. The zero-order chi connectivity index (χ0) is 27.4. The summed E-state index contributed by atoms with van der Waals surface area (Å²) in [5, 5.41) is 9.61. The Kier molecular flexibility index (Phi) is 7.82. The van der Waals surface area contributed by atoms with E-state index < -0.39 is 11.4 Å². The van der Waals surface area contributed by atoms with Crippen LogP contribution in [-0.4, -0.2) is 26.4 Å². The third-order valence-electron chi connectivity index (χ3n) is 8.09. The lowest BCUT2D eigenvalue weighted by atomic mass is 9.69. The molecule has 6 nitrogen and oxygen atoms in total. The molecule has 1 fully saturated rings. The number of aromatic carboxylic acids is 1. The number of nitrogens with zero attached hydrogens (tertiary/aromatic N) is 2. The molecule has 0 aliphatic heterocycles. The minimum Gasteiger partial charge on any atom is -0.478 e. The van der Waals surface area contributed by atoms with Gasteiger partial charge in [-0.3, -0.25) is 4.79 Å². The number of benzene rings is 2. The minimum absolute atomic E-state index is 0.186. The molecule has 1 aliphatic carbocycles. The maximum absolute atomic E-state index is 13.8. The first-order chi connectivity index (χ1) is 18.9. The molecule has 39 heavy (non-hydrogen) atoms. The number of aryl methyl sites for hydroxylation is 2. The highest BCUT2D eigenvalue weighted by Crippen LogP contribution is 2.41. The molecular weight excluding hydrogens is 488 g/mol. The Bertz CT molecular complexity index is 1480. The molecule has 1 N–H and O–H groups in total. The fourth-order valence-corrected chi connectivity index (χ4v) is 5.83. The van der Waals surface area contributed by atoms with E-state index in [2.05, 4.69) is 24.4 Å². The van der Waals surface area contributed by atoms with Gasteiger partial charge in [-0.05, 0) is 67.0 Å². The van der Waals surface area contributed by atoms with Gasteiger partial charge in [-0.2, -0.15) is 0 Å². The molecule has 4 aromatic rings. The molecule has 0 saturated heterocycles. The lowest BCUT2D eigenvalue weighted by molar-refractivity contribution is -0.153. The van der Waals surface area contributed by atoms with E-state index in [1.165, 1.54) is 0 Å². The molecule has 0 amide bonds. The molecule has 2 heterocycles. The number of carbonyl (C=O) groups is 2. The number of unbranched alkanes of at least 4 members (excludes halogenated alkanes) is 1. The van der Waals surface area contributed by atoms with E-state index in [1.54, 1.807) is 12.1 Å². The number of pyridine rings is 1. The van der Waals surface area contributed by atoms with Crippen molar-refractivity contribution < 1.29 is 19.4 Å². The first-order valence-electron chi connectivity index (χ1n) is 14.0. The van der Waals surface area contributed by atoms with E-state index in [0.29, 0.717) is 5.56 Å². The van der Waals surface area contributed by atoms with Crippen molar-refractivity contribution in [3.05, 3.63) is 94.9 Å². The molecule has 1 aliphatic rings. The number of hydrogen-bond acceptors (Lipinski definition) is 4. The Labute approximate surface area is 229 Å². The van der Waals surface area contributed by atoms with E-state index in [4.69, 9.17) is 9.72 Å². The Balaban J connectivity index is 1.40. The van der Waals surface area contributed by atoms with Gasteiger partial charge in [0.25, 0.3) is 0 Å². The van der Waals surface area contributed by atoms with Crippen molar-refractivity contribution in [1.29, 1.82) is 0 Å². The third-order valence-corrected chi connectivity index (χ3v) is 8.09. The fourth-order valence-electron chi connectivity index (χ4n) is 5.83. The first kappa shape index (κ1) is 26.7. The largest absolute Gasteiger partial charge is 0.478 e. The summed E-state index contributed by atoms with van der Waals surface area (Å²) in [7, 11) is 0. The van der Waals surface area contributed by atoms with Gasteiger partial charge in [0, 0.05) is 6.20 Å². The normalized spacial score (nSPS) is 14.8. The topological polar surface area (TPSA) is 80.9 Å². The first-order valence-corrected chi connectivity index (χ1v) is 14.0. The molecule has 1 saturated carbocycles. The summed E-state index contributed by atoms with van der Waals surface area (Å²) in [4.78, 5) is 30.4. The van der Waals surface area contributed by atoms with E-state index in [9.17, 15) is 14.7 Å². The lowest BCUT2D eigenvalue weighted by Crippen LogP contribution is -2.39. The zero-order valence-electron chi connectivity index (χ0n) is 22.8. The monoisotopic (exact) mass is 524 g/mol. The second-order valence-corrected chi connectivity index (χ2v) is 10.7. The summed E-state index contributed by atoms with van der Waals surface area (Å²) in [6.07, 6.45) is 9.75. The SMILES string of the molecule is CCCCc1cn2c(COC(=O)C3(c4ccc(-c5ccccc5C(=O)O)cc4)CCCCC3)ccc(C)c2n1. The summed E-state index contributed by atoms with van der Waals surface area (Å²) in [6, 6.07) is 18.8. The highest BCUT2D eigenvalue weighted by atomic mass is 16.5. The molecule has 0 bridgehead atoms. The summed E-state index contributed by atoms with van der Waals surface area (Å²) < 4.78 is 8.13. The predicted molar refractivity (Wildman–Crippen MR) is 152 cm³/mol. The molecule has 2 aromatic carbocycles. The van der Waals surface area contributed by atoms with Gasteiger partial charge in [-0.15, -0.1) is 0 Å². The average Bonchev–Trinajstić information content (AvgIpc) is 3.41. The van der Waals surface area contributed by atoms with Crippen LogP contribution in [0, 0.1) is 6.92 Å². The van der Waals surface area contributed by atoms with Gasteiger partial charge in [-0.1, -0.05) is 81.1 Å². The van der Waals surface area contributed by atoms with Gasteiger partial charge in [0.1, 0.15) is 12.3 Å². The van der Waals surface area contributed by atoms with Crippen LogP contribution in [-0.2, 0) is 28.0 Å². The molecule has 0 spiro atoms. The summed E-state index contributed by atoms with van der Waals surface area (Å²) in [6.45, 7) is 4.41. The minimum atomic E-state index is -0.956. The Morgan fingerprint density at radius 2 is 1.74 bits per heavy atom. The fraction of sp³-hybridized carbons (Fsp3) is 0.364. The van der Waals surface area contributed by atoms with Crippen LogP contribution in [0.4, 0.5) is 0 Å². The van der Waals surface area contributed by atoms with Crippen molar-refractivity contribution in [2.24, 2.45) is 0 Å². The van der Waals surface area contributed by atoms with Crippen molar-refractivity contribution in [2.45, 2.75) is 77.2 Å². The molecule has 0 atom stereocenters. The van der Waals surface area contributed by atoms with Gasteiger partial charge >= 0.3 is 11.9 Å². The molecular formula is C33H36N2O4. The van der Waals surface area contributed by atoms with E-state index in [-0.39, 0.29) is 18.1 Å². The number of carboxylic acids is 1. The highest BCUT2D eigenvalue weighted by Gasteiger charge is 2.42. The summed E-state index contributed by atoms with van der Waals surface area (Å²) in [5.74, 6) is -1.15. The van der Waals surface area contributed by atoms with Crippen LogP contribution in [0.25, 0.3) is 16.8 Å². The number of carbonyl (C=O) groups excluding carboxylic acids is 1. The highest BCUT2D eigenvalue weighted by molar-refractivity contribution is 5.96. The molecule has 202 valence electrons. The summed E-state index contributed by atoms with van der Waals surface area (Å²) >= 11 is 0. The van der Waals surface area contributed by atoms with Crippen molar-refractivity contribution >= 4 is 17.6 Å². The van der Waals surface area contributed by atoms with Gasteiger partial charge in [0.05, 0.1) is 22.4 Å². The van der Waals surface area contributed by atoms with Crippen LogP contribution in [0.3, 0.4) is 0 Å². The van der Waals surface area contributed by atoms with Crippen LogP contribution in [0.2, 0.25) is 0 Å². The number of esters is 1. The Hall–Kier alpha value is -3.93. The Morgan fingerprint density at radius 3 is 2.46 bits per heavy atom.